The molecule has 1 N–H and O–H groups in total. The second-order valence-corrected chi connectivity index (χ2v) is 7.69. The second kappa shape index (κ2) is 6.72. The third-order valence-electron chi connectivity index (χ3n) is 3.56. The van der Waals surface area contributed by atoms with Gasteiger partial charge in [0, 0.05) is 45.0 Å². The van der Waals surface area contributed by atoms with Crippen molar-refractivity contribution in [2.24, 2.45) is 0 Å². The summed E-state index contributed by atoms with van der Waals surface area (Å²) in [5.41, 5.74) is 1.15. The van der Waals surface area contributed by atoms with Crippen molar-refractivity contribution in [2.45, 2.75) is 26.4 Å². The maximum absolute atomic E-state index is 11.5. The number of aromatic nitrogens is 1. The SMILES string of the molecule is CC(C)NCc1ccc(N2CCN(S(C)(=O)=O)CC2)nc1. The zero-order valence-electron chi connectivity index (χ0n) is 12.9. The number of sulfonamides is 1. The Balaban J connectivity index is 1.92. The molecule has 2 heterocycles. The van der Waals surface area contributed by atoms with Gasteiger partial charge in [-0.05, 0) is 11.6 Å². The van der Waals surface area contributed by atoms with Gasteiger partial charge in [-0.25, -0.2) is 13.4 Å². The van der Waals surface area contributed by atoms with Gasteiger partial charge >= 0.3 is 0 Å². The Kier molecular flexibility index (Phi) is 5.18. The smallest absolute Gasteiger partial charge is 0.211 e. The van der Waals surface area contributed by atoms with Gasteiger partial charge < -0.3 is 10.2 Å². The Bertz CT molecular complexity index is 549. The van der Waals surface area contributed by atoms with Crippen LogP contribution in [-0.2, 0) is 16.6 Å². The van der Waals surface area contributed by atoms with Gasteiger partial charge in [-0.1, -0.05) is 19.9 Å². The third-order valence-corrected chi connectivity index (χ3v) is 4.86. The summed E-state index contributed by atoms with van der Waals surface area (Å²) in [5.74, 6) is 0.913. The molecule has 0 amide bonds. The Hall–Kier alpha value is -1.18. The molecule has 0 aromatic carbocycles. The lowest BCUT2D eigenvalue weighted by Crippen LogP contribution is -2.48. The van der Waals surface area contributed by atoms with Gasteiger partial charge in [0.2, 0.25) is 10.0 Å². The molecule has 0 saturated carbocycles. The van der Waals surface area contributed by atoms with Gasteiger partial charge in [0.15, 0.2) is 0 Å². The van der Waals surface area contributed by atoms with Crippen molar-refractivity contribution in [2.75, 3.05) is 37.3 Å². The highest BCUT2D eigenvalue weighted by Crippen LogP contribution is 2.15. The molecule has 1 aliphatic heterocycles. The van der Waals surface area contributed by atoms with Crippen molar-refractivity contribution >= 4 is 15.8 Å². The van der Waals surface area contributed by atoms with Crippen LogP contribution in [0.3, 0.4) is 0 Å². The maximum atomic E-state index is 11.5. The zero-order chi connectivity index (χ0) is 15.5. The molecule has 7 heteroatoms. The Morgan fingerprint density at radius 1 is 1.24 bits per heavy atom. The summed E-state index contributed by atoms with van der Waals surface area (Å²) in [6, 6.07) is 4.53. The lowest BCUT2D eigenvalue weighted by molar-refractivity contribution is 0.387. The number of rotatable bonds is 5. The monoisotopic (exact) mass is 312 g/mol. The van der Waals surface area contributed by atoms with E-state index < -0.39 is 10.0 Å². The van der Waals surface area contributed by atoms with Gasteiger partial charge in [0.05, 0.1) is 6.26 Å². The fourth-order valence-electron chi connectivity index (χ4n) is 2.28. The van der Waals surface area contributed by atoms with Crippen molar-refractivity contribution in [3.63, 3.8) is 0 Å². The molecule has 0 unspecified atom stereocenters. The minimum atomic E-state index is -3.08. The highest BCUT2D eigenvalue weighted by atomic mass is 32.2. The molecule has 0 spiro atoms. The summed E-state index contributed by atoms with van der Waals surface area (Å²) >= 11 is 0. The zero-order valence-corrected chi connectivity index (χ0v) is 13.7. The second-order valence-electron chi connectivity index (χ2n) is 5.71. The number of hydrogen-bond acceptors (Lipinski definition) is 5. The summed E-state index contributed by atoms with van der Waals surface area (Å²) in [6.07, 6.45) is 3.14. The molecule has 118 valence electrons. The Morgan fingerprint density at radius 3 is 2.38 bits per heavy atom. The van der Waals surface area contributed by atoms with Crippen LogP contribution in [0.2, 0.25) is 0 Å². The Morgan fingerprint density at radius 2 is 1.90 bits per heavy atom. The van der Waals surface area contributed by atoms with Gasteiger partial charge in [0.1, 0.15) is 5.82 Å². The summed E-state index contributed by atoms with van der Waals surface area (Å²) in [4.78, 5) is 6.61. The number of piperazine rings is 1. The molecule has 0 bridgehead atoms. The van der Waals surface area contributed by atoms with Crippen LogP contribution >= 0.6 is 0 Å². The van der Waals surface area contributed by atoms with Crippen LogP contribution < -0.4 is 10.2 Å². The van der Waals surface area contributed by atoms with Gasteiger partial charge in [-0.15, -0.1) is 0 Å². The fourth-order valence-corrected chi connectivity index (χ4v) is 3.11. The molecule has 0 radical (unpaired) electrons. The normalized spacial score (nSPS) is 17.4. The van der Waals surface area contributed by atoms with Crippen LogP contribution in [-0.4, -0.2) is 56.2 Å². The van der Waals surface area contributed by atoms with E-state index in [0.29, 0.717) is 32.2 Å². The number of nitrogens with zero attached hydrogens (tertiary/aromatic N) is 3. The number of hydrogen-bond donors (Lipinski definition) is 1. The molecule has 0 atom stereocenters. The molecular weight excluding hydrogens is 288 g/mol. The van der Waals surface area contributed by atoms with E-state index in [1.165, 1.54) is 10.6 Å². The van der Waals surface area contributed by atoms with E-state index in [1.807, 2.05) is 12.3 Å². The summed E-state index contributed by atoms with van der Waals surface area (Å²) < 4.78 is 24.5. The molecule has 1 saturated heterocycles. The fraction of sp³-hybridized carbons (Fsp3) is 0.643. The van der Waals surface area contributed by atoms with Crippen molar-refractivity contribution in [1.29, 1.82) is 0 Å². The average molecular weight is 312 g/mol. The predicted molar refractivity (Wildman–Crippen MR) is 84.8 cm³/mol. The Labute approximate surface area is 127 Å². The van der Waals surface area contributed by atoms with Crippen LogP contribution in [0.1, 0.15) is 19.4 Å². The highest BCUT2D eigenvalue weighted by molar-refractivity contribution is 7.88. The van der Waals surface area contributed by atoms with Crippen LogP contribution in [0, 0.1) is 0 Å². The van der Waals surface area contributed by atoms with Crippen molar-refractivity contribution < 1.29 is 8.42 Å². The van der Waals surface area contributed by atoms with Crippen LogP contribution in [0.25, 0.3) is 0 Å². The molecule has 1 aromatic rings. The van der Waals surface area contributed by atoms with Crippen LogP contribution in [0.15, 0.2) is 18.3 Å². The lowest BCUT2D eigenvalue weighted by Gasteiger charge is -2.34. The molecule has 0 aliphatic carbocycles. The van der Waals surface area contributed by atoms with E-state index in [9.17, 15) is 8.42 Å². The first kappa shape index (κ1) is 16.2. The van der Waals surface area contributed by atoms with Crippen molar-refractivity contribution in [3.8, 4) is 0 Å². The summed E-state index contributed by atoms with van der Waals surface area (Å²) in [6.45, 7) is 7.46. The van der Waals surface area contributed by atoms with E-state index >= 15 is 0 Å². The van der Waals surface area contributed by atoms with E-state index in [4.69, 9.17) is 0 Å². The molecule has 2 rings (SSSR count). The number of nitrogens with one attached hydrogen (secondary N) is 1. The average Bonchev–Trinajstić information content (AvgIpc) is 2.45. The van der Waals surface area contributed by atoms with E-state index in [-0.39, 0.29) is 0 Å². The summed E-state index contributed by atoms with van der Waals surface area (Å²) in [7, 11) is -3.08. The molecule has 21 heavy (non-hydrogen) atoms. The van der Waals surface area contributed by atoms with Gasteiger partial charge in [-0.2, -0.15) is 4.31 Å². The lowest BCUT2D eigenvalue weighted by atomic mass is 10.2. The first-order valence-corrected chi connectivity index (χ1v) is 9.09. The van der Waals surface area contributed by atoms with Crippen molar-refractivity contribution in [3.05, 3.63) is 23.9 Å². The van der Waals surface area contributed by atoms with E-state index in [0.717, 1.165) is 17.9 Å². The van der Waals surface area contributed by atoms with Gasteiger partial charge in [-0.3, -0.25) is 0 Å². The molecule has 1 fully saturated rings. The molecule has 6 nitrogen and oxygen atoms in total. The van der Waals surface area contributed by atoms with E-state index in [2.05, 4.69) is 35.1 Å². The van der Waals surface area contributed by atoms with Gasteiger partial charge in [0.25, 0.3) is 0 Å². The molecule has 1 aromatic heterocycles. The van der Waals surface area contributed by atoms with Crippen LogP contribution in [0.5, 0.6) is 0 Å². The number of pyridine rings is 1. The highest BCUT2D eigenvalue weighted by Gasteiger charge is 2.23. The molecular formula is C14H24N4O2S. The first-order chi connectivity index (χ1) is 9.86. The quantitative estimate of drug-likeness (QED) is 0.865. The largest absolute Gasteiger partial charge is 0.354 e. The van der Waals surface area contributed by atoms with E-state index in [1.54, 1.807) is 0 Å². The first-order valence-electron chi connectivity index (χ1n) is 7.24. The minimum absolute atomic E-state index is 0.453. The standard InChI is InChI=1S/C14H24N4O2S/c1-12(2)15-10-13-4-5-14(16-11-13)17-6-8-18(9-7-17)21(3,19)20/h4-5,11-12,15H,6-10H2,1-3H3. The minimum Gasteiger partial charge on any atom is -0.354 e. The maximum Gasteiger partial charge on any atom is 0.211 e. The third kappa shape index (κ3) is 4.66. The number of anilines is 1. The summed E-state index contributed by atoms with van der Waals surface area (Å²) in [5, 5.41) is 3.36. The van der Waals surface area contributed by atoms with Crippen LogP contribution in [0.4, 0.5) is 5.82 Å². The topological polar surface area (TPSA) is 65.5 Å². The predicted octanol–water partition coefficient (Wildman–Crippen LogP) is 0.661. The van der Waals surface area contributed by atoms with Crippen molar-refractivity contribution in [1.82, 2.24) is 14.6 Å². The molecule has 1 aliphatic rings.